The minimum absolute atomic E-state index is 0.290. The first-order valence-corrected chi connectivity index (χ1v) is 10.9. The number of rotatable bonds is 6. The van der Waals surface area contributed by atoms with Gasteiger partial charge in [-0.3, -0.25) is 0 Å². The van der Waals surface area contributed by atoms with Crippen LogP contribution in [0.5, 0.6) is 0 Å². The van der Waals surface area contributed by atoms with E-state index in [4.69, 9.17) is 0 Å². The van der Waals surface area contributed by atoms with Crippen molar-refractivity contribution in [2.75, 3.05) is 0 Å². The Kier molecular flexibility index (Phi) is 7.13. The predicted octanol–water partition coefficient (Wildman–Crippen LogP) is 7.70. The lowest BCUT2D eigenvalue weighted by molar-refractivity contribution is 0.216. The van der Waals surface area contributed by atoms with Gasteiger partial charge in [0.1, 0.15) is 5.83 Å². The second-order valence-electron chi connectivity index (χ2n) is 8.94. The Bertz CT molecular complexity index is 462. The Hall–Kier alpha value is -0.660. The molecule has 2 saturated carbocycles. The lowest BCUT2D eigenvalue weighted by Gasteiger charge is -2.33. The second kappa shape index (κ2) is 9.33. The van der Waals surface area contributed by atoms with Crippen LogP contribution in [0.25, 0.3) is 0 Å². The highest BCUT2D eigenvalue weighted by Crippen LogP contribution is 2.41. The molecule has 0 nitrogen and oxygen atoms in total. The highest BCUT2D eigenvalue weighted by atomic mass is 19.2. The van der Waals surface area contributed by atoms with E-state index in [1.807, 2.05) is 6.08 Å². The summed E-state index contributed by atoms with van der Waals surface area (Å²) in [6, 6.07) is 0. The zero-order valence-electron chi connectivity index (χ0n) is 16.0. The van der Waals surface area contributed by atoms with E-state index in [0.717, 1.165) is 23.3 Å². The van der Waals surface area contributed by atoms with Crippen molar-refractivity contribution in [3.8, 4) is 0 Å². The van der Waals surface area contributed by atoms with Gasteiger partial charge in [0.25, 0.3) is 0 Å². The Morgan fingerprint density at radius 1 is 0.800 bits per heavy atom. The highest BCUT2D eigenvalue weighted by Gasteiger charge is 2.28. The lowest BCUT2D eigenvalue weighted by Crippen LogP contribution is -2.21. The monoisotopic (exact) mass is 350 g/mol. The number of hydrogen-bond donors (Lipinski definition) is 0. The first kappa shape index (κ1) is 19.1. The summed E-state index contributed by atoms with van der Waals surface area (Å²) in [6.07, 6.45) is 18.5. The van der Waals surface area contributed by atoms with Crippen LogP contribution in [-0.4, -0.2) is 6.17 Å². The molecule has 0 heterocycles. The molecule has 142 valence electrons. The average molecular weight is 351 g/mol. The first-order valence-electron chi connectivity index (χ1n) is 10.9. The van der Waals surface area contributed by atoms with Gasteiger partial charge in [0.05, 0.1) is 0 Å². The van der Waals surface area contributed by atoms with E-state index in [2.05, 4.69) is 6.92 Å². The van der Waals surface area contributed by atoms with Gasteiger partial charge in [-0.15, -0.1) is 0 Å². The van der Waals surface area contributed by atoms with Crippen LogP contribution in [0, 0.1) is 23.7 Å². The van der Waals surface area contributed by atoms with E-state index in [1.165, 1.54) is 83.1 Å². The summed E-state index contributed by atoms with van der Waals surface area (Å²) in [7, 11) is 0. The van der Waals surface area contributed by atoms with Gasteiger partial charge in [-0.05, 0) is 55.4 Å². The van der Waals surface area contributed by atoms with Gasteiger partial charge in [-0.1, -0.05) is 69.9 Å². The van der Waals surface area contributed by atoms with Gasteiger partial charge in [-0.2, -0.15) is 0 Å². The number of hydrogen-bond acceptors (Lipinski definition) is 0. The Balaban J connectivity index is 1.35. The fourth-order valence-electron chi connectivity index (χ4n) is 5.48. The van der Waals surface area contributed by atoms with Crippen molar-refractivity contribution >= 4 is 0 Å². The summed E-state index contributed by atoms with van der Waals surface area (Å²) in [5, 5.41) is 0. The fraction of sp³-hybridized carbons (Fsp3) is 0.826. The molecule has 3 aliphatic carbocycles. The fourth-order valence-corrected chi connectivity index (χ4v) is 5.48. The summed E-state index contributed by atoms with van der Waals surface area (Å²) in [5.41, 5.74) is 1.15. The van der Waals surface area contributed by atoms with Crippen molar-refractivity contribution in [2.45, 2.75) is 96.6 Å². The van der Waals surface area contributed by atoms with Gasteiger partial charge in [-0.25, -0.2) is 8.78 Å². The third kappa shape index (κ3) is 5.41. The van der Waals surface area contributed by atoms with Crippen molar-refractivity contribution in [3.05, 3.63) is 23.6 Å². The molecule has 0 N–H and O–H groups in total. The van der Waals surface area contributed by atoms with Crippen molar-refractivity contribution in [2.24, 2.45) is 23.7 Å². The smallest absolute Gasteiger partial charge is 0.155 e. The van der Waals surface area contributed by atoms with Crippen molar-refractivity contribution in [1.82, 2.24) is 0 Å². The Labute approximate surface area is 153 Å². The number of allylic oxidation sites excluding steroid dienone is 4. The summed E-state index contributed by atoms with van der Waals surface area (Å²) in [6.45, 7) is 2.31. The maximum absolute atomic E-state index is 13.6. The van der Waals surface area contributed by atoms with Crippen molar-refractivity contribution < 1.29 is 8.78 Å². The normalized spacial score (nSPS) is 36.7. The molecule has 0 saturated heterocycles. The third-order valence-corrected chi connectivity index (χ3v) is 7.19. The number of halogens is 2. The third-order valence-electron chi connectivity index (χ3n) is 7.19. The summed E-state index contributed by atoms with van der Waals surface area (Å²) in [4.78, 5) is 0. The zero-order valence-corrected chi connectivity index (χ0v) is 16.0. The largest absolute Gasteiger partial charge is 0.239 e. The zero-order chi connectivity index (χ0) is 17.6. The molecule has 0 aromatic carbocycles. The maximum atomic E-state index is 13.6. The lowest BCUT2D eigenvalue weighted by atomic mass is 9.73. The van der Waals surface area contributed by atoms with E-state index in [9.17, 15) is 8.78 Å². The van der Waals surface area contributed by atoms with Crippen LogP contribution >= 0.6 is 0 Å². The minimum Gasteiger partial charge on any atom is -0.239 e. The van der Waals surface area contributed by atoms with Crippen molar-refractivity contribution in [1.29, 1.82) is 0 Å². The molecule has 1 unspecified atom stereocenters. The van der Waals surface area contributed by atoms with Gasteiger partial charge >= 0.3 is 0 Å². The van der Waals surface area contributed by atoms with Gasteiger partial charge in [0.15, 0.2) is 6.17 Å². The number of alkyl halides is 1. The maximum Gasteiger partial charge on any atom is 0.155 e. The highest BCUT2D eigenvalue weighted by molar-refractivity contribution is 5.26. The van der Waals surface area contributed by atoms with Gasteiger partial charge in [0, 0.05) is 6.42 Å². The minimum atomic E-state index is -1.39. The topological polar surface area (TPSA) is 0 Å². The molecule has 0 bridgehead atoms. The van der Waals surface area contributed by atoms with E-state index >= 15 is 0 Å². The molecule has 0 aromatic rings. The molecule has 25 heavy (non-hydrogen) atoms. The van der Waals surface area contributed by atoms with Crippen LogP contribution < -0.4 is 0 Å². The van der Waals surface area contributed by atoms with Crippen LogP contribution in [0.1, 0.15) is 90.4 Å². The van der Waals surface area contributed by atoms with Crippen LogP contribution in [-0.2, 0) is 0 Å². The van der Waals surface area contributed by atoms with Crippen molar-refractivity contribution in [3.63, 3.8) is 0 Å². The second-order valence-corrected chi connectivity index (χ2v) is 8.94. The summed E-state index contributed by atoms with van der Waals surface area (Å²) in [5.74, 6) is 2.78. The predicted molar refractivity (Wildman–Crippen MR) is 102 cm³/mol. The molecule has 3 rings (SSSR count). The van der Waals surface area contributed by atoms with Gasteiger partial charge in [0.2, 0.25) is 0 Å². The van der Waals surface area contributed by atoms with E-state index in [1.54, 1.807) is 0 Å². The van der Waals surface area contributed by atoms with Crippen LogP contribution in [0.3, 0.4) is 0 Å². The molecule has 0 aromatic heterocycles. The summed E-state index contributed by atoms with van der Waals surface area (Å²) >= 11 is 0. The molecule has 0 spiro atoms. The van der Waals surface area contributed by atoms with E-state index < -0.39 is 12.0 Å². The first-order chi connectivity index (χ1) is 12.2. The molecule has 3 aliphatic rings. The molecule has 0 radical (unpaired) electrons. The van der Waals surface area contributed by atoms with Crippen LogP contribution in [0.15, 0.2) is 23.6 Å². The van der Waals surface area contributed by atoms with Crippen LogP contribution in [0.2, 0.25) is 0 Å². The molecule has 1 atom stereocenters. The van der Waals surface area contributed by atoms with E-state index in [0.29, 0.717) is 12.3 Å². The molecule has 2 heteroatoms. The molecular weight excluding hydrogens is 314 g/mol. The van der Waals surface area contributed by atoms with Crippen LogP contribution in [0.4, 0.5) is 8.78 Å². The SMILES string of the molecule is CCCC1CCC(CCC2CCC(C3=CC=C(F)C(F)C3)CC2)CC1. The molecule has 2 fully saturated rings. The standard InChI is InChI=1S/C23H36F2/c1-2-3-17-4-6-18(7-5-17)8-9-19-10-12-20(13-11-19)21-14-15-22(24)23(25)16-21/h14-15,17-20,23H,2-13,16H2,1H3. The van der Waals surface area contributed by atoms with E-state index in [-0.39, 0.29) is 0 Å². The quantitative estimate of drug-likeness (QED) is 0.460. The summed E-state index contributed by atoms with van der Waals surface area (Å²) < 4.78 is 26.7. The Morgan fingerprint density at radius 2 is 1.32 bits per heavy atom. The molecular formula is C23H36F2. The van der Waals surface area contributed by atoms with Gasteiger partial charge < -0.3 is 0 Å². The Morgan fingerprint density at radius 3 is 1.84 bits per heavy atom. The average Bonchev–Trinajstić information content (AvgIpc) is 2.64. The molecule has 0 amide bonds. The molecule has 0 aliphatic heterocycles.